The lowest BCUT2D eigenvalue weighted by Gasteiger charge is -2.47. The van der Waals surface area contributed by atoms with Crippen molar-refractivity contribution in [3.8, 4) is 0 Å². The second kappa shape index (κ2) is 11.0. The van der Waals surface area contributed by atoms with Gasteiger partial charge in [0.15, 0.2) is 16.6 Å². The van der Waals surface area contributed by atoms with E-state index in [0.29, 0.717) is 5.57 Å². The lowest BCUT2D eigenvalue weighted by atomic mass is 10.4. The molecule has 1 atom stereocenters. The SMILES string of the molecule is C=C(C)C(=O)O[Si](O[Si](C)(O[Si](C)(C)C)O[Si](CC)(CC)CC)(C(C)C)C(C)C. The Bertz CT molecular complexity index is 539. The summed E-state index contributed by atoms with van der Waals surface area (Å²) < 4.78 is 26.7. The van der Waals surface area contributed by atoms with E-state index in [2.05, 4.69) is 74.7 Å². The molecular formula is C20H46O5Si4. The Hall–Kier alpha value is -0.0425. The second-order valence-electron chi connectivity index (χ2n) is 9.73. The molecule has 0 N–H and O–H groups in total. The molecule has 0 aromatic heterocycles. The van der Waals surface area contributed by atoms with Crippen LogP contribution in [0.1, 0.15) is 55.4 Å². The summed E-state index contributed by atoms with van der Waals surface area (Å²) in [5.74, 6) is -0.381. The zero-order chi connectivity index (χ0) is 23.3. The van der Waals surface area contributed by atoms with Gasteiger partial charge >= 0.3 is 23.3 Å². The topological polar surface area (TPSA) is 54.0 Å². The Morgan fingerprint density at radius 2 is 1.24 bits per heavy atom. The van der Waals surface area contributed by atoms with E-state index in [4.69, 9.17) is 16.8 Å². The van der Waals surface area contributed by atoms with Gasteiger partial charge in [0.2, 0.25) is 0 Å². The van der Waals surface area contributed by atoms with Crippen LogP contribution in [0.5, 0.6) is 0 Å². The predicted octanol–water partition coefficient (Wildman–Crippen LogP) is 6.83. The van der Waals surface area contributed by atoms with Crippen molar-refractivity contribution in [1.82, 2.24) is 0 Å². The highest BCUT2D eigenvalue weighted by atomic mass is 28.5. The summed E-state index contributed by atoms with van der Waals surface area (Å²) in [6.07, 6.45) is 0. The van der Waals surface area contributed by atoms with Crippen molar-refractivity contribution in [2.75, 3.05) is 0 Å². The molecule has 0 fully saturated rings. The van der Waals surface area contributed by atoms with E-state index in [1.807, 2.05) is 6.55 Å². The largest absolute Gasteiger partial charge is 0.491 e. The van der Waals surface area contributed by atoms with Crippen LogP contribution >= 0.6 is 0 Å². The van der Waals surface area contributed by atoms with Crippen molar-refractivity contribution in [1.29, 1.82) is 0 Å². The highest BCUT2D eigenvalue weighted by molar-refractivity contribution is 6.90. The van der Waals surface area contributed by atoms with Crippen molar-refractivity contribution in [2.45, 2.75) is 111 Å². The zero-order valence-corrected chi connectivity index (χ0v) is 25.0. The Morgan fingerprint density at radius 1 is 0.828 bits per heavy atom. The van der Waals surface area contributed by atoms with Crippen LogP contribution in [-0.4, -0.2) is 40.0 Å². The quantitative estimate of drug-likeness (QED) is 0.214. The van der Waals surface area contributed by atoms with Gasteiger partial charge in [-0.2, -0.15) is 0 Å². The van der Waals surface area contributed by atoms with Gasteiger partial charge in [-0.1, -0.05) is 55.0 Å². The van der Waals surface area contributed by atoms with Crippen molar-refractivity contribution in [3.63, 3.8) is 0 Å². The van der Waals surface area contributed by atoms with Gasteiger partial charge in [0.25, 0.3) is 0 Å². The van der Waals surface area contributed by atoms with Gasteiger partial charge in [-0.15, -0.1) is 0 Å². The van der Waals surface area contributed by atoms with E-state index in [1.54, 1.807) is 6.92 Å². The summed E-state index contributed by atoms with van der Waals surface area (Å²) in [4.78, 5) is 12.6. The fraction of sp³-hybridized carbons (Fsp3) is 0.850. The normalized spacial score (nSPS) is 15.5. The molecule has 9 heteroatoms. The molecule has 0 aliphatic rings. The van der Waals surface area contributed by atoms with Gasteiger partial charge in [-0.3, -0.25) is 0 Å². The average molecular weight is 479 g/mol. The first-order valence-corrected chi connectivity index (χ1v) is 21.1. The van der Waals surface area contributed by atoms with E-state index in [9.17, 15) is 4.79 Å². The maximum atomic E-state index is 12.6. The molecule has 0 spiro atoms. The second-order valence-corrected chi connectivity index (χ2v) is 26.6. The molecule has 0 rings (SSSR count). The molecule has 1 unspecified atom stereocenters. The first-order valence-electron chi connectivity index (χ1n) is 11.0. The predicted molar refractivity (Wildman–Crippen MR) is 132 cm³/mol. The standard InChI is InChI=1S/C20H46O5Si4/c1-14-28(15-2,16-3)24-27(13,23-26(10,11)12)25-29(18(6)7,19(8)9)22-20(21)17(4)5/h18-19H,4,14-16H2,1-3,5-13H3. The summed E-state index contributed by atoms with van der Waals surface area (Å²) >= 11 is 0. The van der Waals surface area contributed by atoms with Gasteiger partial charge in [0.1, 0.15) is 0 Å². The molecule has 0 saturated carbocycles. The third-order valence-electron chi connectivity index (χ3n) is 5.38. The monoisotopic (exact) mass is 478 g/mol. The summed E-state index contributed by atoms with van der Waals surface area (Å²) in [5, 5.41) is 0. The van der Waals surface area contributed by atoms with Crippen LogP contribution in [0, 0.1) is 0 Å². The molecule has 5 nitrogen and oxygen atoms in total. The summed E-state index contributed by atoms with van der Waals surface area (Å²) in [6.45, 7) is 28.9. The third-order valence-corrected chi connectivity index (χ3v) is 22.9. The van der Waals surface area contributed by atoms with Crippen molar-refractivity contribution in [3.05, 3.63) is 12.2 Å². The lowest BCUT2D eigenvalue weighted by molar-refractivity contribution is -0.132. The maximum absolute atomic E-state index is 12.6. The Balaban J connectivity index is 6.37. The van der Waals surface area contributed by atoms with Crippen LogP contribution in [0.2, 0.25) is 55.4 Å². The Kier molecular flexibility index (Phi) is 11.0. The molecule has 0 bridgehead atoms. The molecule has 172 valence electrons. The summed E-state index contributed by atoms with van der Waals surface area (Å²) in [6, 6.07) is 3.05. The Labute approximate surface area is 184 Å². The summed E-state index contributed by atoms with van der Waals surface area (Å²) in [5.41, 5.74) is 0.515. The van der Waals surface area contributed by atoms with E-state index in [0.717, 1.165) is 18.1 Å². The van der Waals surface area contributed by atoms with Gasteiger partial charge in [0.05, 0.1) is 0 Å². The number of hydrogen-bond acceptors (Lipinski definition) is 5. The van der Waals surface area contributed by atoms with Crippen LogP contribution in [0.4, 0.5) is 0 Å². The minimum atomic E-state index is -3.07. The summed E-state index contributed by atoms with van der Waals surface area (Å²) in [7, 11) is -10.0. The smallest absolute Gasteiger partial charge is 0.468 e. The van der Waals surface area contributed by atoms with E-state index in [1.165, 1.54) is 0 Å². The van der Waals surface area contributed by atoms with Crippen molar-refractivity contribution < 1.29 is 21.6 Å². The molecule has 0 aromatic carbocycles. The molecule has 0 saturated heterocycles. The maximum Gasteiger partial charge on any atom is 0.468 e. The van der Waals surface area contributed by atoms with Crippen LogP contribution in [0.15, 0.2) is 12.2 Å². The van der Waals surface area contributed by atoms with Crippen molar-refractivity contribution >= 4 is 40.0 Å². The van der Waals surface area contributed by atoms with E-state index < -0.39 is 34.0 Å². The van der Waals surface area contributed by atoms with Crippen LogP contribution in [0.3, 0.4) is 0 Å². The van der Waals surface area contributed by atoms with Crippen LogP contribution < -0.4 is 0 Å². The van der Waals surface area contributed by atoms with Gasteiger partial charge in [-0.05, 0) is 44.7 Å². The fourth-order valence-corrected chi connectivity index (χ4v) is 22.8. The highest BCUT2D eigenvalue weighted by Crippen LogP contribution is 2.40. The van der Waals surface area contributed by atoms with Gasteiger partial charge in [0, 0.05) is 23.2 Å². The first-order chi connectivity index (χ1) is 13.0. The minimum Gasteiger partial charge on any atom is -0.491 e. The van der Waals surface area contributed by atoms with Gasteiger partial charge < -0.3 is 16.8 Å². The number of carbonyl (C=O) groups is 1. The average Bonchev–Trinajstić information content (AvgIpc) is 2.56. The molecule has 29 heavy (non-hydrogen) atoms. The molecule has 0 aromatic rings. The molecule has 0 amide bonds. The first kappa shape index (κ1) is 29.0. The Morgan fingerprint density at radius 3 is 1.52 bits per heavy atom. The number of carbonyl (C=O) groups excluding carboxylic acids is 1. The van der Waals surface area contributed by atoms with Gasteiger partial charge in [-0.25, -0.2) is 4.79 Å². The fourth-order valence-electron chi connectivity index (χ4n) is 3.66. The number of hydrogen-bond donors (Lipinski definition) is 0. The molecule has 0 aliphatic heterocycles. The molecule has 0 heterocycles. The zero-order valence-electron chi connectivity index (χ0n) is 21.0. The van der Waals surface area contributed by atoms with Crippen molar-refractivity contribution in [2.24, 2.45) is 0 Å². The minimum absolute atomic E-state index is 0.0624. The third kappa shape index (κ3) is 8.19. The molecule has 0 aliphatic carbocycles. The highest BCUT2D eigenvalue weighted by Gasteiger charge is 2.57. The van der Waals surface area contributed by atoms with E-state index in [-0.39, 0.29) is 17.1 Å². The molecular weight excluding hydrogens is 433 g/mol. The van der Waals surface area contributed by atoms with Crippen LogP contribution in [-0.2, 0) is 21.6 Å². The number of rotatable bonds is 13. The van der Waals surface area contributed by atoms with Crippen LogP contribution in [0.25, 0.3) is 0 Å². The van der Waals surface area contributed by atoms with E-state index >= 15 is 0 Å². The lowest BCUT2D eigenvalue weighted by Crippen LogP contribution is -2.64. The molecule has 0 radical (unpaired) electrons.